The Bertz CT molecular complexity index is 1830. The van der Waals surface area contributed by atoms with E-state index in [-0.39, 0.29) is 11.9 Å². The number of nitrogens with zero attached hydrogens (tertiary/aromatic N) is 3. The number of Topliss-reactive ketones (excluding diaryl/α,β-unsaturated/α-hetero) is 1. The van der Waals surface area contributed by atoms with Crippen LogP contribution in [0, 0.1) is 0 Å². The Morgan fingerprint density at radius 2 is 1.90 bits per heavy atom. The molecule has 1 aliphatic rings. The zero-order valence-corrected chi connectivity index (χ0v) is 22.1. The second-order valence-electron chi connectivity index (χ2n) is 9.83. The summed E-state index contributed by atoms with van der Waals surface area (Å²) in [5.74, 6) is 0.845. The Hall–Kier alpha value is -4.34. The van der Waals surface area contributed by atoms with Crippen molar-refractivity contribution in [3.8, 4) is 38.8 Å². The Labute approximate surface area is 228 Å². The van der Waals surface area contributed by atoms with E-state index < -0.39 is 0 Å². The maximum atomic E-state index is 11.9. The number of ketones is 1. The fourth-order valence-corrected chi connectivity index (χ4v) is 6.12. The van der Waals surface area contributed by atoms with Crippen molar-refractivity contribution in [1.82, 2.24) is 30.5 Å². The molecule has 0 saturated carbocycles. The van der Waals surface area contributed by atoms with Crippen LogP contribution in [0.5, 0.6) is 5.75 Å². The summed E-state index contributed by atoms with van der Waals surface area (Å²) in [5, 5.41) is 13.2. The highest BCUT2D eigenvalue weighted by molar-refractivity contribution is 7.17. The summed E-state index contributed by atoms with van der Waals surface area (Å²) in [6.07, 6.45) is 7.57. The van der Waals surface area contributed by atoms with Crippen molar-refractivity contribution in [2.75, 3.05) is 13.1 Å². The van der Waals surface area contributed by atoms with Crippen LogP contribution in [0.1, 0.15) is 29.4 Å². The SMILES string of the molecule is CC(=O)c1ccc(-c2cccc3[nH]c(-c4n[nH]c5cnc(-c6cncc(OC7CCNCC7)c6)cc45)cc23)s1. The van der Waals surface area contributed by atoms with Crippen LogP contribution in [0.4, 0.5) is 0 Å². The van der Waals surface area contributed by atoms with E-state index in [1.807, 2.05) is 42.7 Å². The van der Waals surface area contributed by atoms with Gasteiger partial charge in [0.05, 0.1) is 34.2 Å². The highest BCUT2D eigenvalue weighted by Crippen LogP contribution is 2.37. The summed E-state index contributed by atoms with van der Waals surface area (Å²) in [7, 11) is 0. The predicted molar refractivity (Wildman–Crippen MR) is 154 cm³/mol. The molecule has 7 rings (SSSR count). The van der Waals surface area contributed by atoms with E-state index >= 15 is 0 Å². The van der Waals surface area contributed by atoms with Gasteiger partial charge >= 0.3 is 0 Å². The molecule has 1 aliphatic heterocycles. The number of hydrogen-bond donors (Lipinski definition) is 3. The molecule has 0 bridgehead atoms. The molecule has 1 fully saturated rings. The van der Waals surface area contributed by atoms with Crippen LogP contribution >= 0.6 is 11.3 Å². The van der Waals surface area contributed by atoms with Crippen molar-refractivity contribution in [1.29, 1.82) is 0 Å². The standard InChI is InChI=1S/C30H26N6O2S/c1-17(37)28-5-6-29(39-28)21-3-2-4-24-22(21)12-26(34-24)30-23-13-25(33-16-27(23)35-36-30)18-11-20(15-32-14-18)38-19-7-9-31-10-8-19/h2-6,11-16,19,31,34H,7-10H2,1H3,(H,35,36). The molecule has 0 aliphatic carbocycles. The van der Waals surface area contributed by atoms with Crippen LogP contribution in [-0.2, 0) is 0 Å². The first kappa shape index (κ1) is 23.8. The predicted octanol–water partition coefficient (Wildman–Crippen LogP) is 6.23. The topological polar surface area (TPSA) is 109 Å². The van der Waals surface area contributed by atoms with Gasteiger partial charge in [-0.2, -0.15) is 5.10 Å². The minimum Gasteiger partial charge on any atom is -0.489 e. The molecule has 1 aromatic carbocycles. The number of thiophene rings is 1. The van der Waals surface area contributed by atoms with Crippen molar-refractivity contribution in [2.24, 2.45) is 0 Å². The minimum absolute atomic E-state index is 0.0826. The van der Waals surface area contributed by atoms with Crippen molar-refractivity contribution >= 4 is 38.9 Å². The summed E-state index contributed by atoms with van der Waals surface area (Å²) in [4.78, 5) is 26.3. The van der Waals surface area contributed by atoms with Gasteiger partial charge < -0.3 is 15.0 Å². The number of carbonyl (C=O) groups excluding carboxylic acids is 1. The summed E-state index contributed by atoms with van der Waals surface area (Å²) in [6.45, 7) is 3.55. The molecule has 194 valence electrons. The van der Waals surface area contributed by atoms with Gasteiger partial charge in [-0.25, -0.2) is 0 Å². The molecule has 0 unspecified atom stereocenters. The van der Waals surface area contributed by atoms with Gasteiger partial charge in [-0.15, -0.1) is 11.3 Å². The van der Waals surface area contributed by atoms with E-state index in [4.69, 9.17) is 4.74 Å². The van der Waals surface area contributed by atoms with Crippen molar-refractivity contribution in [3.05, 3.63) is 72.0 Å². The lowest BCUT2D eigenvalue weighted by atomic mass is 10.1. The number of benzene rings is 1. The van der Waals surface area contributed by atoms with Crippen LogP contribution in [0.2, 0.25) is 0 Å². The van der Waals surface area contributed by atoms with Gasteiger partial charge in [0, 0.05) is 38.5 Å². The molecule has 0 radical (unpaired) electrons. The summed E-state index contributed by atoms with van der Waals surface area (Å²) in [6, 6.07) is 16.3. The first-order valence-electron chi connectivity index (χ1n) is 13.0. The number of ether oxygens (including phenoxy) is 1. The molecular weight excluding hydrogens is 508 g/mol. The number of aromatic nitrogens is 5. The molecule has 5 aromatic heterocycles. The van der Waals surface area contributed by atoms with Crippen LogP contribution in [0.3, 0.4) is 0 Å². The Balaban J connectivity index is 1.25. The maximum absolute atomic E-state index is 11.9. The third kappa shape index (κ3) is 4.49. The lowest BCUT2D eigenvalue weighted by Crippen LogP contribution is -2.34. The van der Waals surface area contributed by atoms with Gasteiger partial charge in [-0.1, -0.05) is 12.1 Å². The van der Waals surface area contributed by atoms with Crippen LogP contribution in [0.25, 0.3) is 54.9 Å². The molecule has 0 spiro atoms. The normalized spacial score (nSPS) is 14.3. The summed E-state index contributed by atoms with van der Waals surface area (Å²) < 4.78 is 6.21. The van der Waals surface area contributed by atoms with Gasteiger partial charge in [0.2, 0.25) is 0 Å². The molecule has 6 heterocycles. The zero-order valence-electron chi connectivity index (χ0n) is 21.3. The minimum atomic E-state index is 0.0826. The molecule has 8 nitrogen and oxygen atoms in total. The van der Waals surface area contributed by atoms with E-state index in [2.05, 4.69) is 48.7 Å². The van der Waals surface area contributed by atoms with E-state index in [1.165, 1.54) is 11.3 Å². The second-order valence-corrected chi connectivity index (χ2v) is 10.9. The molecule has 39 heavy (non-hydrogen) atoms. The Morgan fingerprint density at radius 3 is 2.74 bits per heavy atom. The fraction of sp³-hybridized carbons (Fsp3) is 0.200. The van der Waals surface area contributed by atoms with E-state index in [0.29, 0.717) is 0 Å². The van der Waals surface area contributed by atoms with Crippen LogP contribution in [-0.4, -0.2) is 50.1 Å². The zero-order chi connectivity index (χ0) is 26.3. The smallest absolute Gasteiger partial charge is 0.169 e. The number of fused-ring (bicyclic) bond motifs is 2. The lowest BCUT2D eigenvalue weighted by Gasteiger charge is -2.23. The number of pyridine rings is 2. The number of nitrogens with one attached hydrogen (secondary N) is 3. The van der Waals surface area contributed by atoms with Crippen molar-refractivity contribution in [2.45, 2.75) is 25.9 Å². The molecule has 0 atom stereocenters. The van der Waals surface area contributed by atoms with Gasteiger partial charge in [-0.05, 0) is 69.3 Å². The highest BCUT2D eigenvalue weighted by Gasteiger charge is 2.17. The molecule has 3 N–H and O–H groups in total. The number of H-pyrrole nitrogens is 2. The number of aromatic amines is 2. The maximum Gasteiger partial charge on any atom is 0.169 e. The summed E-state index contributed by atoms with van der Waals surface area (Å²) >= 11 is 1.52. The monoisotopic (exact) mass is 534 g/mol. The van der Waals surface area contributed by atoms with E-state index in [1.54, 1.807) is 13.1 Å². The van der Waals surface area contributed by atoms with E-state index in [9.17, 15) is 4.79 Å². The number of piperidine rings is 1. The summed E-state index contributed by atoms with van der Waals surface area (Å²) in [5.41, 5.74) is 6.39. The van der Waals surface area contributed by atoms with Gasteiger partial charge in [-0.3, -0.25) is 19.9 Å². The fourth-order valence-electron chi connectivity index (χ4n) is 5.18. The Morgan fingerprint density at radius 1 is 1.00 bits per heavy atom. The number of hydrogen-bond acceptors (Lipinski definition) is 7. The average Bonchev–Trinajstić information content (AvgIpc) is 3.71. The highest BCUT2D eigenvalue weighted by atomic mass is 32.1. The van der Waals surface area contributed by atoms with Crippen LogP contribution in [0.15, 0.2) is 67.1 Å². The quantitative estimate of drug-likeness (QED) is 0.219. The first-order chi connectivity index (χ1) is 19.1. The second kappa shape index (κ2) is 9.76. The molecule has 9 heteroatoms. The number of carbonyl (C=O) groups is 1. The van der Waals surface area contributed by atoms with Gasteiger partial charge in [0.25, 0.3) is 0 Å². The first-order valence-corrected chi connectivity index (χ1v) is 13.8. The lowest BCUT2D eigenvalue weighted by molar-refractivity contribution is 0.102. The molecular formula is C30H26N6O2S. The largest absolute Gasteiger partial charge is 0.489 e. The van der Waals surface area contributed by atoms with Gasteiger partial charge in [0.15, 0.2) is 5.78 Å². The molecule has 1 saturated heterocycles. The van der Waals surface area contributed by atoms with Crippen LogP contribution < -0.4 is 10.1 Å². The van der Waals surface area contributed by atoms with Gasteiger partial charge in [0.1, 0.15) is 17.5 Å². The van der Waals surface area contributed by atoms with E-state index in [0.717, 1.165) is 91.4 Å². The Kier molecular flexibility index (Phi) is 5.94. The molecule has 0 amide bonds. The van der Waals surface area contributed by atoms with Crippen molar-refractivity contribution in [3.63, 3.8) is 0 Å². The third-order valence-electron chi connectivity index (χ3n) is 7.18. The van der Waals surface area contributed by atoms with Crippen molar-refractivity contribution < 1.29 is 9.53 Å². The molecule has 6 aromatic rings. The third-order valence-corrected chi connectivity index (χ3v) is 8.40. The number of rotatable bonds is 6. The average molecular weight is 535 g/mol.